The number of rotatable bonds is 7. The standard InChI is InChI=1S/C21H26N4O3/c1-14-3-5-17(25-20(26)6-4-15-7-9-23-13-15)19(11-14)28-16-8-10-24-18(12-16)21(27)22-2/h3,5,8,10-12,15,23H,4,6-7,9,13H2,1-2H3,(H,22,27)(H,25,26). The summed E-state index contributed by atoms with van der Waals surface area (Å²) in [5.74, 6) is 1.27. The second-order valence-corrected chi connectivity index (χ2v) is 7.00. The van der Waals surface area contributed by atoms with Gasteiger partial charge in [-0.15, -0.1) is 0 Å². The molecule has 1 atom stereocenters. The van der Waals surface area contributed by atoms with Crippen molar-refractivity contribution < 1.29 is 14.3 Å². The Balaban J connectivity index is 1.70. The fourth-order valence-electron chi connectivity index (χ4n) is 3.18. The molecule has 1 aliphatic rings. The van der Waals surface area contributed by atoms with Crippen LogP contribution in [0.4, 0.5) is 5.69 Å². The van der Waals surface area contributed by atoms with E-state index in [9.17, 15) is 9.59 Å². The Morgan fingerprint density at radius 2 is 2.14 bits per heavy atom. The fraction of sp³-hybridized carbons (Fsp3) is 0.381. The molecule has 1 aromatic carbocycles. The number of carbonyl (C=O) groups excluding carboxylic acids is 2. The van der Waals surface area contributed by atoms with E-state index in [2.05, 4.69) is 20.9 Å². The van der Waals surface area contributed by atoms with Gasteiger partial charge in [-0.05, 0) is 62.5 Å². The molecule has 2 amide bonds. The normalized spacial score (nSPS) is 15.9. The fourth-order valence-corrected chi connectivity index (χ4v) is 3.18. The van der Waals surface area contributed by atoms with Crippen LogP contribution in [0.15, 0.2) is 36.5 Å². The summed E-state index contributed by atoms with van der Waals surface area (Å²) < 4.78 is 5.96. The van der Waals surface area contributed by atoms with E-state index in [0.29, 0.717) is 29.5 Å². The van der Waals surface area contributed by atoms with E-state index in [1.54, 1.807) is 19.2 Å². The van der Waals surface area contributed by atoms with Crippen molar-refractivity contribution in [2.45, 2.75) is 26.2 Å². The quantitative estimate of drug-likeness (QED) is 0.685. The molecule has 1 fully saturated rings. The summed E-state index contributed by atoms with van der Waals surface area (Å²) in [7, 11) is 1.55. The van der Waals surface area contributed by atoms with Crippen LogP contribution in [0.5, 0.6) is 11.5 Å². The third kappa shape index (κ3) is 5.29. The van der Waals surface area contributed by atoms with Crippen LogP contribution in [0.25, 0.3) is 0 Å². The molecule has 2 heterocycles. The molecule has 1 unspecified atom stereocenters. The number of pyridine rings is 1. The van der Waals surface area contributed by atoms with E-state index in [0.717, 1.165) is 31.5 Å². The maximum absolute atomic E-state index is 12.4. The third-order valence-corrected chi connectivity index (χ3v) is 4.77. The number of benzene rings is 1. The highest BCUT2D eigenvalue weighted by atomic mass is 16.5. The Bertz CT molecular complexity index is 847. The maximum Gasteiger partial charge on any atom is 0.269 e. The average Bonchev–Trinajstić information content (AvgIpc) is 3.22. The molecule has 0 radical (unpaired) electrons. The van der Waals surface area contributed by atoms with Gasteiger partial charge in [0, 0.05) is 25.7 Å². The molecule has 148 valence electrons. The Hall–Kier alpha value is -2.93. The van der Waals surface area contributed by atoms with Crippen molar-refractivity contribution in [3.8, 4) is 11.5 Å². The molecule has 3 N–H and O–H groups in total. The lowest BCUT2D eigenvalue weighted by molar-refractivity contribution is -0.116. The van der Waals surface area contributed by atoms with Gasteiger partial charge in [0.05, 0.1) is 5.69 Å². The molecule has 1 saturated heterocycles. The molecule has 1 aliphatic heterocycles. The number of aryl methyl sites for hydroxylation is 1. The first-order valence-electron chi connectivity index (χ1n) is 9.52. The van der Waals surface area contributed by atoms with Gasteiger partial charge in [0.15, 0.2) is 5.75 Å². The topological polar surface area (TPSA) is 92.4 Å². The molecule has 2 aromatic rings. The highest BCUT2D eigenvalue weighted by Gasteiger charge is 2.17. The van der Waals surface area contributed by atoms with E-state index in [-0.39, 0.29) is 17.5 Å². The smallest absolute Gasteiger partial charge is 0.269 e. The number of nitrogens with one attached hydrogen (secondary N) is 3. The largest absolute Gasteiger partial charge is 0.455 e. The molecule has 0 aliphatic carbocycles. The van der Waals surface area contributed by atoms with E-state index in [1.165, 1.54) is 6.20 Å². The van der Waals surface area contributed by atoms with Gasteiger partial charge in [-0.1, -0.05) is 6.07 Å². The first-order chi connectivity index (χ1) is 13.5. The van der Waals surface area contributed by atoms with Gasteiger partial charge in [-0.25, -0.2) is 0 Å². The lowest BCUT2D eigenvalue weighted by atomic mass is 10.0. The van der Waals surface area contributed by atoms with Gasteiger partial charge in [0.2, 0.25) is 5.91 Å². The molecule has 0 bridgehead atoms. The number of aromatic nitrogens is 1. The first-order valence-corrected chi connectivity index (χ1v) is 9.52. The van der Waals surface area contributed by atoms with Crippen molar-refractivity contribution in [2.75, 3.05) is 25.5 Å². The second kappa shape index (κ2) is 9.32. The average molecular weight is 382 g/mol. The van der Waals surface area contributed by atoms with E-state index in [4.69, 9.17) is 4.74 Å². The summed E-state index contributed by atoms with van der Waals surface area (Å²) >= 11 is 0. The van der Waals surface area contributed by atoms with E-state index < -0.39 is 0 Å². The van der Waals surface area contributed by atoms with Gasteiger partial charge < -0.3 is 20.7 Å². The molecule has 3 rings (SSSR count). The molecule has 28 heavy (non-hydrogen) atoms. The number of ether oxygens (including phenoxy) is 1. The van der Waals surface area contributed by atoms with Crippen molar-refractivity contribution in [1.82, 2.24) is 15.6 Å². The van der Waals surface area contributed by atoms with E-state index >= 15 is 0 Å². The second-order valence-electron chi connectivity index (χ2n) is 7.00. The highest BCUT2D eigenvalue weighted by Crippen LogP contribution is 2.31. The SMILES string of the molecule is CNC(=O)c1cc(Oc2cc(C)ccc2NC(=O)CCC2CCNC2)ccn1. The van der Waals surface area contributed by atoms with Crippen molar-refractivity contribution in [3.05, 3.63) is 47.8 Å². The minimum absolute atomic E-state index is 0.0265. The predicted molar refractivity (Wildman–Crippen MR) is 108 cm³/mol. The third-order valence-electron chi connectivity index (χ3n) is 4.77. The van der Waals surface area contributed by atoms with Crippen molar-refractivity contribution >= 4 is 17.5 Å². The van der Waals surface area contributed by atoms with Crippen LogP contribution >= 0.6 is 0 Å². The Kier molecular flexibility index (Phi) is 6.60. The van der Waals surface area contributed by atoms with Crippen molar-refractivity contribution in [3.63, 3.8) is 0 Å². The first kappa shape index (κ1) is 19.8. The van der Waals surface area contributed by atoms with Gasteiger partial charge in [0.1, 0.15) is 11.4 Å². The highest BCUT2D eigenvalue weighted by molar-refractivity contribution is 5.93. The van der Waals surface area contributed by atoms with Crippen LogP contribution in [0.3, 0.4) is 0 Å². The lowest BCUT2D eigenvalue weighted by Gasteiger charge is -2.14. The number of amides is 2. The Labute approximate surface area is 164 Å². The summed E-state index contributed by atoms with van der Waals surface area (Å²) in [4.78, 5) is 28.2. The molecule has 0 spiro atoms. The summed E-state index contributed by atoms with van der Waals surface area (Å²) in [5.41, 5.74) is 1.88. The van der Waals surface area contributed by atoms with Crippen LogP contribution in [-0.4, -0.2) is 36.9 Å². The van der Waals surface area contributed by atoms with Gasteiger partial charge in [-0.2, -0.15) is 0 Å². The lowest BCUT2D eigenvalue weighted by Crippen LogP contribution is -2.19. The number of hydrogen-bond acceptors (Lipinski definition) is 5. The van der Waals surface area contributed by atoms with Crippen molar-refractivity contribution in [2.24, 2.45) is 5.92 Å². The minimum Gasteiger partial charge on any atom is -0.455 e. The number of anilines is 1. The summed E-state index contributed by atoms with van der Waals surface area (Å²) in [6.45, 7) is 3.97. The van der Waals surface area contributed by atoms with Crippen molar-refractivity contribution in [1.29, 1.82) is 0 Å². The number of nitrogens with zero attached hydrogens (tertiary/aromatic N) is 1. The molecule has 7 nitrogen and oxygen atoms in total. The van der Waals surface area contributed by atoms with Crippen LogP contribution in [0.1, 0.15) is 35.3 Å². The Morgan fingerprint density at radius 3 is 2.89 bits per heavy atom. The molecule has 0 saturated carbocycles. The van der Waals surface area contributed by atoms with Gasteiger partial charge in [0.25, 0.3) is 5.91 Å². The maximum atomic E-state index is 12.4. The van der Waals surface area contributed by atoms with Gasteiger partial charge in [-0.3, -0.25) is 14.6 Å². The zero-order chi connectivity index (χ0) is 19.9. The summed E-state index contributed by atoms with van der Waals surface area (Å²) in [6, 6.07) is 8.86. The molecular weight excluding hydrogens is 356 g/mol. The molecule has 7 heteroatoms. The predicted octanol–water partition coefficient (Wildman–Crippen LogP) is 2.87. The van der Waals surface area contributed by atoms with Crippen LogP contribution in [0.2, 0.25) is 0 Å². The zero-order valence-corrected chi connectivity index (χ0v) is 16.2. The number of hydrogen-bond donors (Lipinski definition) is 3. The van der Waals surface area contributed by atoms with Gasteiger partial charge >= 0.3 is 0 Å². The zero-order valence-electron chi connectivity index (χ0n) is 16.2. The molecule has 1 aromatic heterocycles. The number of carbonyl (C=O) groups is 2. The Morgan fingerprint density at radius 1 is 1.29 bits per heavy atom. The summed E-state index contributed by atoms with van der Waals surface area (Å²) in [5, 5.41) is 8.81. The van der Waals surface area contributed by atoms with Crippen LogP contribution in [-0.2, 0) is 4.79 Å². The minimum atomic E-state index is -0.287. The summed E-state index contributed by atoms with van der Waals surface area (Å²) in [6.07, 6.45) is 4.00. The van der Waals surface area contributed by atoms with E-state index in [1.807, 2.05) is 25.1 Å². The van der Waals surface area contributed by atoms with Crippen LogP contribution < -0.4 is 20.7 Å². The molecular formula is C21H26N4O3. The van der Waals surface area contributed by atoms with Crippen LogP contribution in [0, 0.1) is 12.8 Å². The monoisotopic (exact) mass is 382 g/mol.